The summed E-state index contributed by atoms with van der Waals surface area (Å²) in [4.78, 5) is 0. The third-order valence-electron chi connectivity index (χ3n) is 3.58. The molecule has 0 radical (unpaired) electrons. The smallest absolute Gasteiger partial charge is 0.143 e. The first-order valence-corrected chi connectivity index (χ1v) is 7.63. The Morgan fingerprint density at radius 3 is 2.73 bits per heavy atom. The minimum absolute atomic E-state index is 0.0547. The van der Waals surface area contributed by atoms with Gasteiger partial charge in [0.2, 0.25) is 0 Å². The highest BCUT2D eigenvalue weighted by Crippen LogP contribution is 2.35. The van der Waals surface area contributed by atoms with Crippen LogP contribution in [0, 0.1) is 0 Å². The van der Waals surface area contributed by atoms with Crippen molar-refractivity contribution in [3.05, 3.63) is 34.1 Å². The lowest BCUT2D eigenvalue weighted by Crippen LogP contribution is -2.31. The van der Waals surface area contributed by atoms with Gasteiger partial charge in [-0.1, -0.05) is 28.4 Å². The molecule has 3 rings (SSSR count). The van der Waals surface area contributed by atoms with Gasteiger partial charge in [-0.2, -0.15) is 0 Å². The minimum Gasteiger partial charge on any atom is -0.495 e. The summed E-state index contributed by atoms with van der Waals surface area (Å²) in [5, 5.41) is 12.6. The van der Waals surface area contributed by atoms with Crippen LogP contribution in [0.4, 0.5) is 5.69 Å². The van der Waals surface area contributed by atoms with Gasteiger partial charge in [0, 0.05) is 6.07 Å². The van der Waals surface area contributed by atoms with Gasteiger partial charge in [-0.25, -0.2) is 4.68 Å². The Hall–Kier alpha value is -1.50. The van der Waals surface area contributed by atoms with E-state index in [-0.39, 0.29) is 12.1 Å². The summed E-state index contributed by atoms with van der Waals surface area (Å²) in [6, 6.07) is 3.65. The molecule has 1 fully saturated rings. The molecule has 2 aromatic rings. The number of rotatable bonds is 5. The molecule has 0 aliphatic carbocycles. The van der Waals surface area contributed by atoms with Crippen molar-refractivity contribution in [2.75, 3.05) is 25.6 Å². The molecule has 118 valence electrons. The quantitative estimate of drug-likeness (QED) is 0.902. The summed E-state index contributed by atoms with van der Waals surface area (Å²) in [5.74, 6) is 0.626. The molecule has 0 bridgehead atoms. The van der Waals surface area contributed by atoms with Crippen LogP contribution in [0.15, 0.2) is 18.3 Å². The molecule has 1 atom stereocenters. The predicted molar refractivity (Wildman–Crippen MR) is 84.9 cm³/mol. The van der Waals surface area contributed by atoms with Crippen molar-refractivity contribution >= 4 is 28.9 Å². The monoisotopic (exact) mass is 342 g/mol. The topological polar surface area (TPSA) is 61.2 Å². The van der Waals surface area contributed by atoms with Crippen LogP contribution in [0.5, 0.6) is 5.75 Å². The molecule has 0 spiro atoms. The lowest BCUT2D eigenvalue weighted by atomic mass is 10.2. The van der Waals surface area contributed by atoms with Crippen LogP contribution in [0.3, 0.4) is 0 Å². The first-order chi connectivity index (χ1) is 10.6. The molecule has 2 heterocycles. The highest BCUT2D eigenvalue weighted by molar-refractivity contribution is 6.42. The summed E-state index contributed by atoms with van der Waals surface area (Å²) in [6.45, 7) is 3.37. The van der Waals surface area contributed by atoms with E-state index in [1.165, 1.54) is 0 Å². The van der Waals surface area contributed by atoms with E-state index in [1.54, 1.807) is 19.2 Å². The van der Waals surface area contributed by atoms with Crippen molar-refractivity contribution in [2.45, 2.75) is 19.0 Å². The average molecular weight is 343 g/mol. The molecule has 1 N–H and O–H groups in total. The summed E-state index contributed by atoms with van der Waals surface area (Å²) in [6.07, 6.45) is 1.93. The Kier molecular flexibility index (Phi) is 4.42. The van der Waals surface area contributed by atoms with Crippen molar-refractivity contribution < 1.29 is 9.47 Å². The van der Waals surface area contributed by atoms with Crippen molar-refractivity contribution in [1.29, 1.82) is 0 Å². The molecule has 6 nitrogen and oxygen atoms in total. The van der Waals surface area contributed by atoms with Crippen molar-refractivity contribution in [3.8, 4) is 5.75 Å². The van der Waals surface area contributed by atoms with Crippen LogP contribution in [-0.4, -0.2) is 35.3 Å². The van der Waals surface area contributed by atoms with E-state index in [2.05, 4.69) is 15.6 Å². The van der Waals surface area contributed by atoms with Crippen LogP contribution < -0.4 is 10.1 Å². The van der Waals surface area contributed by atoms with E-state index in [9.17, 15) is 0 Å². The second kappa shape index (κ2) is 6.32. The van der Waals surface area contributed by atoms with Crippen molar-refractivity contribution in [1.82, 2.24) is 15.0 Å². The number of ether oxygens (including phenoxy) is 2. The molecule has 1 aliphatic heterocycles. The van der Waals surface area contributed by atoms with E-state index in [0.717, 1.165) is 11.4 Å². The molecule has 1 aromatic carbocycles. The predicted octanol–water partition coefficient (Wildman–Crippen LogP) is 3.34. The van der Waals surface area contributed by atoms with Gasteiger partial charge in [-0.05, 0) is 13.0 Å². The number of hydrogen-bond donors (Lipinski definition) is 1. The Balaban J connectivity index is 1.77. The van der Waals surface area contributed by atoms with Gasteiger partial charge >= 0.3 is 0 Å². The zero-order valence-corrected chi connectivity index (χ0v) is 13.7. The Labute approximate surface area is 138 Å². The third-order valence-corrected chi connectivity index (χ3v) is 4.30. The standard InChI is InChI=1S/C14H16Cl2N4O2/c1-8(13-5-20(19-18-13)9-6-22-7-9)17-12-3-10(15)11(16)4-14(12)21-2/h3-5,8-9,17H,6-7H2,1-2H3. The van der Waals surface area contributed by atoms with Gasteiger partial charge in [-0.3, -0.25) is 0 Å². The molecular formula is C14H16Cl2N4O2. The zero-order chi connectivity index (χ0) is 15.7. The second-order valence-electron chi connectivity index (χ2n) is 5.15. The van der Waals surface area contributed by atoms with Crippen LogP contribution in [-0.2, 0) is 4.74 Å². The van der Waals surface area contributed by atoms with Gasteiger partial charge in [0.25, 0.3) is 0 Å². The first-order valence-electron chi connectivity index (χ1n) is 6.87. The number of anilines is 1. The van der Waals surface area contributed by atoms with Crippen LogP contribution in [0.25, 0.3) is 0 Å². The second-order valence-corrected chi connectivity index (χ2v) is 5.96. The number of nitrogens with zero attached hydrogens (tertiary/aromatic N) is 3. The third kappa shape index (κ3) is 2.99. The van der Waals surface area contributed by atoms with Gasteiger partial charge in [0.05, 0.1) is 48.3 Å². The fourth-order valence-electron chi connectivity index (χ4n) is 2.16. The maximum Gasteiger partial charge on any atom is 0.143 e. The number of aromatic nitrogens is 3. The maximum atomic E-state index is 6.07. The molecule has 22 heavy (non-hydrogen) atoms. The minimum atomic E-state index is -0.0547. The zero-order valence-electron chi connectivity index (χ0n) is 12.2. The first kappa shape index (κ1) is 15.4. The summed E-state index contributed by atoms with van der Waals surface area (Å²) < 4.78 is 12.3. The highest BCUT2D eigenvalue weighted by Gasteiger charge is 2.23. The number of methoxy groups -OCH3 is 1. The van der Waals surface area contributed by atoms with E-state index in [1.807, 2.05) is 17.8 Å². The highest BCUT2D eigenvalue weighted by atomic mass is 35.5. The van der Waals surface area contributed by atoms with Crippen LogP contribution >= 0.6 is 23.2 Å². The Morgan fingerprint density at radius 1 is 1.36 bits per heavy atom. The van der Waals surface area contributed by atoms with Gasteiger partial charge < -0.3 is 14.8 Å². The molecule has 8 heteroatoms. The van der Waals surface area contributed by atoms with Gasteiger partial charge in [0.15, 0.2) is 0 Å². The lowest BCUT2D eigenvalue weighted by molar-refractivity contribution is -0.0293. The summed E-state index contributed by atoms with van der Waals surface area (Å²) >= 11 is 12.1. The molecule has 1 aromatic heterocycles. The molecule has 0 saturated carbocycles. The fraction of sp³-hybridized carbons (Fsp3) is 0.429. The Morgan fingerprint density at radius 2 is 2.09 bits per heavy atom. The largest absolute Gasteiger partial charge is 0.495 e. The maximum absolute atomic E-state index is 6.07. The number of hydrogen-bond acceptors (Lipinski definition) is 5. The van der Waals surface area contributed by atoms with Crippen LogP contribution in [0.1, 0.15) is 24.7 Å². The van der Waals surface area contributed by atoms with E-state index < -0.39 is 0 Å². The summed E-state index contributed by atoms with van der Waals surface area (Å²) in [5.41, 5.74) is 1.59. The van der Waals surface area contributed by atoms with Crippen molar-refractivity contribution in [3.63, 3.8) is 0 Å². The molecular weight excluding hydrogens is 327 g/mol. The number of halogens is 2. The van der Waals surface area contributed by atoms with Gasteiger partial charge in [0.1, 0.15) is 17.5 Å². The van der Waals surface area contributed by atoms with Crippen molar-refractivity contribution in [2.24, 2.45) is 0 Å². The SMILES string of the molecule is COc1cc(Cl)c(Cl)cc1NC(C)c1cn(C2COC2)nn1. The summed E-state index contributed by atoms with van der Waals surface area (Å²) in [7, 11) is 1.59. The molecule has 1 saturated heterocycles. The Bertz CT molecular complexity index is 673. The normalized spacial score (nSPS) is 16.2. The van der Waals surface area contributed by atoms with Gasteiger partial charge in [-0.15, -0.1) is 5.10 Å². The average Bonchev–Trinajstić information content (AvgIpc) is 2.90. The van der Waals surface area contributed by atoms with E-state index >= 15 is 0 Å². The van der Waals surface area contributed by atoms with E-state index in [0.29, 0.717) is 29.0 Å². The lowest BCUT2D eigenvalue weighted by Gasteiger charge is -2.25. The number of benzene rings is 1. The number of nitrogens with one attached hydrogen (secondary N) is 1. The fourth-order valence-corrected chi connectivity index (χ4v) is 2.48. The molecule has 1 unspecified atom stereocenters. The van der Waals surface area contributed by atoms with E-state index in [4.69, 9.17) is 32.7 Å². The molecule has 1 aliphatic rings. The molecule has 0 amide bonds. The van der Waals surface area contributed by atoms with Crippen LogP contribution in [0.2, 0.25) is 10.0 Å².